The summed E-state index contributed by atoms with van der Waals surface area (Å²) in [6.45, 7) is 7.72. The van der Waals surface area contributed by atoms with Gasteiger partial charge in [0.25, 0.3) is 0 Å². The summed E-state index contributed by atoms with van der Waals surface area (Å²) in [6.07, 6.45) is 9.84. The lowest BCUT2D eigenvalue weighted by atomic mass is 10.0. The summed E-state index contributed by atoms with van der Waals surface area (Å²) >= 11 is 0. The number of amidine groups is 2. The van der Waals surface area contributed by atoms with Gasteiger partial charge in [-0.1, -0.05) is 51.4 Å². The van der Waals surface area contributed by atoms with Crippen molar-refractivity contribution in [3.8, 4) is 0 Å². The van der Waals surface area contributed by atoms with Gasteiger partial charge in [-0.25, -0.2) is 9.59 Å². The van der Waals surface area contributed by atoms with Crippen LogP contribution in [0.2, 0.25) is 0 Å². The molecule has 0 aliphatic carbocycles. The lowest BCUT2D eigenvalue weighted by Crippen LogP contribution is -2.37. The SMILES string of the molecule is CC(=O)OC(C)OC(=O)N1CCN=C1CCCCCCCCCCCCC1=NCCN1C(=O)OC(C)OC(C)=O. The Hall–Kier alpha value is -3.18. The highest BCUT2D eigenvalue weighted by Crippen LogP contribution is 2.17. The zero-order valence-electron chi connectivity index (χ0n) is 24.5. The van der Waals surface area contributed by atoms with Crippen molar-refractivity contribution in [3.63, 3.8) is 0 Å². The molecule has 0 fully saturated rings. The molecule has 0 saturated heterocycles. The second kappa shape index (κ2) is 18.2. The van der Waals surface area contributed by atoms with Crippen molar-refractivity contribution in [2.24, 2.45) is 9.98 Å². The quantitative estimate of drug-likeness (QED) is 0.133. The maximum absolute atomic E-state index is 12.3. The minimum Gasteiger partial charge on any atom is -0.426 e. The monoisotopic (exact) mass is 566 g/mol. The summed E-state index contributed by atoms with van der Waals surface area (Å²) in [5.74, 6) is 0.515. The maximum Gasteiger partial charge on any atom is 0.418 e. The number of rotatable bonds is 17. The Morgan fingerprint density at radius 1 is 0.600 bits per heavy atom. The molecule has 226 valence electrons. The van der Waals surface area contributed by atoms with Crippen molar-refractivity contribution in [2.45, 2.75) is 117 Å². The van der Waals surface area contributed by atoms with E-state index in [0.717, 1.165) is 63.0 Å². The number of hydrogen-bond acceptors (Lipinski definition) is 10. The van der Waals surface area contributed by atoms with Crippen molar-refractivity contribution in [1.82, 2.24) is 9.80 Å². The lowest BCUT2D eigenvalue weighted by Gasteiger charge is -2.20. The van der Waals surface area contributed by atoms with Crippen LogP contribution in [0.4, 0.5) is 9.59 Å². The topological polar surface area (TPSA) is 136 Å². The van der Waals surface area contributed by atoms with Gasteiger partial charge in [0.05, 0.1) is 26.2 Å². The molecule has 0 saturated carbocycles. The van der Waals surface area contributed by atoms with Crippen LogP contribution < -0.4 is 0 Å². The van der Waals surface area contributed by atoms with Gasteiger partial charge in [0.2, 0.25) is 12.6 Å². The number of unbranched alkanes of at least 4 members (excludes halogenated alkanes) is 9. The largest absolute Gasteiger partial charge is 0.426 e. The molecule has 2 unspecified atom stereocenters. The van der Waals surface area contributed by atoms with Crippen LogP contribution in [0.1, 0.15) is 105 Å². The molecular formula is C28H46N4O8. The molecule has 2 rings (SSSR count). The van der Waals surface area contributed by atoms with Crippen LogP contribution in [-0.2, 0) is 28.5 Å². The van der Waals surface area contributed by atoms with Crippen LogP contribution in [-0.4, -0.2) is 84.4 Å². The van der Waals surface area contributed by atoms with Crippen LogP contribution in [0.15, 0.2) is 9.98 Å². The molecule has 0 N–H and O–H groups in total. The summed E-state index contributed by atoms with van der Waals surface area (Å²) < 4.78 is 20.1. The van der Waals surface area contributed by atoms with Crippen molar-refractivity contribution >= 4 is 35.8 Å². The standard InChI is InChI=1S/C28H46N4O8/c1-21(33)37-23(3)39-27(35)31-19-17-29-25(31)15-13-11-9-7-5-6-8-10-12-14-16-26-30-18-20-32(26)28(36)40-24(4)38-22(2)34/h23-24H,5-20H2,1-4H3. The van der Waals surface area contributed by atoms with E-state index in [9.17, 15) is 19.2 Å². The van der Waals surface area contributed by atoms with Gasteiger partial charge < -0.3 is 18.9 Å². The average molecular weight is 567 g/mol. The molecule has 2 amide bonds. The normalized spacial score (nSPS) is 16.2. The van der Waals surface area contributed by atoms with Crippen molar-refractivity contribution in [2.75, 3.05) is 26.2 Å². The van der Waals surface area contributed by atoms with Gasteiger partial charge in [-0.2, -0.15) is 0 Å². The van der Waals surface area contributed by atoms with E-state index in [1.807, 2.05) is 0 Å². The Bertz CT molecular complexity index is 835. The minimum atomic E-state index is -0.917. The summed E-state index contributed by atoms with van der Waals surface area (Å²) in [5.41, 5.74) is 0. The number of nitrogens with zero attached hydrogens (tertiary/aromatic N) is 4. The van der Waals surface area contributed by atoms with Crippen LogP contribution in [0.5, 0.6) is 0 Å². The van der Waals surface area contributed by atoms with Crippen molar-refractivity contribution < 1.29 is 38.1 Å². The van der Waals surface area contributed by atoms with Crippen molar-refractivity contribution in [1.29, 1.82) is 0 Å². The summed E-state index contributed by atoms with van der Waals surface area (Å²) in [6, 6.07) is 0. The number of aliphatic imine (C=N–C) groups is 2. The zero-order chi connectivity index (χ0) is 29.3. The Labute approximate surface area is 237 Å². The molecule has 0 aromatic rings. The first-order valence-electron chi connectivity index (χ1n) is 14.5. The van der Waals surface area contributed by atoms with Gasteiger partial charge >= 0.3 is 24.1 Å². The minimum absolute atomic E-state index is 0.493. The fraction of sp³-hybridized carbons (Fsp3) is 0.786. The van der Waals surface area contributed by atoms with E-state index >= 15 is 0 Å². The smallest absolute Gasteiger partial charge is 0.418 e. The number of esters is 2. The number of carbonyl (C=O) groups is 4. The van der Waals surface area contributed by atoms with Crippen LogP contribution in [0.25, 0.3) is 0 Å². The number of ether oxygens (including phenoxy) is 4. The highest BCUT2D eigenvalue weighted by molar-refractivity contribution is 5.97. The van der Waals surface area contributed by atoms with E-state index < -0.39 is 36.7 Å². The molecule has 0 radical (unpaired) electrons. The fourth-order valence-corrected chi connectivity index (χ4v) is 4.72. The predicted molar refractivity (Wildman–Crippen MR) is 149 cm³/mol. The Morgan fingerprint density at radius 2 is 0.925 bits per heavy atom. The predicted octanol–water partition coefficient (Wildman–Crippen LogP) is 5.19. The molecular weight excluding hydrogens is 520 g/mol. The van der Waals surface area contributed by atoms with Gasteiger partial charge in [0.15, 0.2) is 0 Å². The molecule has 2 heterocycles. The van der Waals surface area contributed by atoms with E-state index in [0.29, 0.717) is 26.2 Å². The van der Waals surface area contributed by atoms with Crippen LogP contribution in [0.3, 0.4) is 0 Å². The van der Waals surface area contributed by atoms with Crippen LogP contribution >= 0.6 is 0 Å². The van der Waals surface area contributed by atoms with Gasteiger partial charge in [0, 0.05) is 40.5 Å². The first kappa shape index (κ1) is 33.0. The highest BCUT2D eigenvalue weighted by atomic mass is 16.7. The molecule has 0 aromatic carbocycles. The third-order valence-electron chi connectivity index (χ3n) is 6.55. The number of carbonyl (C=O) groups excluding carboxylic acids is 4. The molecule has 0 bridgehead atoms. The molecule has 2 aliphatic heterocycles. The Morgan fingerprint density at radius 3 is 1.25 bits per heavy atom. The second-order valence-corrected chi connectivity index (χ2v) is 10.1. The Balaban J connectivity index is 1.46. The van der Waals surface area contributed by atoms with Gasteiger partial charge in [0.1, 0.15) is 11.7 Å². The van der Waals surface area contributed by atoms with Crippen molar-refractivity contribution in [3.05, 3.63) is 0 Å². The summed E-state index contributed by atoms with van der Waals surface area (Å²) in [5, 5.41) is 0. The number of amides is 2. The first-order valence-corrected chi connectivity index (χ1v) is 14.5. The van der Waals surface area contributed by atoms with Crippen LogP contribution in [0, 0.1) is 0 Å². The van der Waals surface area contributed by atoms with E-state index in [-0.39, 0.29) is 0 Å². The highest BCUT2D eigenvalue weighted by Gasteiger charge is 2.27. The zero-order valence-corrected chi connectivity index (χ0v) is 24.5. The molecule has 0 spiro atoms. The van der Waals surface area contributed by atoms with E-state index in [1.54, 1.807) is 0 Å². The lowest BCUT2D eigenvalue weighted by molar-refractivity contribution is -0.164. The maximum atomic E-state index is 12.3. The molecule has 12 heteroatoms. The molecule has 40 heavy (non-hydrogen) atoms. The van der Waals surface area contributed by atoms with E-state index in [1.165, 1.54) is 63.2 Å². The van der Waals surface area contributed by atoms with Gasteiger partial charge in [-0.3, -0.25) is 29.4 Å². The Kier molecular flexibility index (Phi) is 15.0. The number of hydrogen-bond donors (Lipinski definition) is 0. The molecule has 2 aliphatic rings. The van der Waals surface area contributed by atoms with Gasteiger partial charge in [-0.15, -0.1) is 0 Å². The summed E-state index contributed by atoms with van der Waals surface area (Å²) in [7, 11) is 0. The molecule has 2 atom stereocenters. The molecule has 12 nitrogen and oxygen atoms in total. The second-order valence-electron chi connectivity index (χ2n) is 10.1. The first-order chi connectivity index (χ1) is 19.2. The van der Waals surface area contributed by atoms with E-state index in [2.05, 4.69) is 9.98 Å². The average Bonchev–Trinajstić information content (AvgIpc) is 3.53. The van der Waals surface area contributed by atoms with Gasteiger partial charge in [-0.05, 0) is 12.8 Å². The summed E-state index contributed by atoms with van der Waals surface area (Å²) in [4.78, 5) is 58.5. The third kappa shape index (κ3) is 12.8. The van der Waals surface area contributed by atoms with E-state index in [4.69, 9.17) is 18.9 Å². The molecule has 0 aromatic heterocycles. The third-order valence-corrected chi connectivity index (χ3v) is 6.55. The fourth-order valence-electron chi connectivity index (χ4n) is 4.72.